The largest absolute Gasteiger partial charge is 0.305 e. The van der Waals surface area contributed by atoms with Gasteiger partial charge in [0.2, 0.25) is 0 Å². The van der Waals surface area contributed by atoms with Crippen LogP contribution < -0.4 is 5.43 Å². The monoisotopic (exact) mass is 202 g/mol. The molecule has 10 heavy (non-hydrogen) atoms. The van der Waals surface area contributed by atoms with Crippen molar-refractivity contribution in [3.8, 4) is 0 Å². The fraction of sp³-hybridized carbons (Fsp3) is 0.429. The average molecular weight is 203 g/mol. The number of hydrazine groups is 1. The molecule has 0 bridgehead atoms. The molecule has 1 heterocycles. The predicted molar refractivity (Wildman–Crippen MR) is 46.3 cm³/mol. The van der Waals surface area contributed by atoms with E-state index in [2.05, 4.69) is 35.2 Å². The molecular weight excluding hydrogens is 192 g/mol. The predicted octanol–water partition coefficient (Wildman–Crippen LogP) is 1.96. The summed E-state index contributed by atoms with van der Waals surface area (Å²) >= 11 is 3.35. The highest BCUT2D eigenvalue weighted by atomic mass is 79.9. The van der Waals surface area contributed by atoms with Crippen LogP contribution >= 0.6 is 15.9 Å². The third-order valence-electron chi connectivity index (χ3n) is 1.30. The lowest BCUT2D eigenvalue weighted by Gasteiger charge is -2.26. The van der Waals surface area contributed by atoms with Gasteiger partial charge in [-0.25, -0.2) is 0 Å². The second-order valence-corrected chi connectivity index (χ2v) is 3.39. The number of nitrogens with zero attached hydrogens (tertiary/aromatic N) is 1. The first-order valence-corrected chi connectivity index (χ1v) is 4.08. The fourth-order valence-corrected chi connectivity index (χ4v) is 0.921. The van der Waals surface area contributed by atoms with Crippen LogP contribution in [0.2, 0.25) is 0 Å². The van der Waals surface area contributed by atoms with E-state index in [1.807, 2.05) is 23.5 Å². The molecule has 0 aromatic heterocycles. The van der Waals surface area contributed by atoms with Crippen LogP contribution in [0.25, 0.3) is 0 Å². The molecule has 0 spiro atoms. The highest BCUT2D eigenvalue weighted by molar-refractivity contribution is 9.11. The summed E-state index contributed by atoms with van der Waals surface area (Å²) in [6.07, 6.45) is 5.94. The van der Waals surface area contributed by atoms with Crippen LogP contribution in [0.3, 0.4) is 0 Å². The van der Waals surface area contributed by atoms with Crippen molar-refractivity contribution >= 4 is 15.9 Å². The van der Waals surface area contributed by atoms with Gasteiger partial charge in [-0.3, -0.25) is 5.01 Å². The van der Waals surface area contributed by atoms with Crippen LogP contribution in [0, 0.1) is 0 Å². The minimum atomic E-state index is 0.494. The average Bonchev–Trinajstić information content (AvgIpc) is 1.88. The van der Waals surface area contributed by atoms with Crippen molar-refractivity contribution in [1.82, 2.24) is 10.4 Å². The third-order valence-corrected chi connectivity index (χ3v) is 1.80. The number of allylic oxidation sites excluding steroid dienone is 2. The van der Waals surface area contributed by atoms with Gasteiger partial charge in [0, 0.05) is 22.9 Å². The van der Waals surface area contributed by atoms with Crippen LogP contribution in [0.4, 0.5) is 0 Å². The zero-order chi connectivity index (χ0) is 7.56. The Morgan fingerprint density at radius 1 is 1.60 bits per heavy atom. The van der Waals surface area contributed by atoms with Crippen LogP contribution in [-0.2, 0) is 0 Å². The number of halogens is 1. The van der Waals surface area contributed by atoms with Crippen LogP contribution in [-0.4, -0.2) is 11.1 Å². The van der Waals surface area contributed by atoms with E-state index in [9.17, 15) is 0 Å². The number of rotatable bonds is 1. The van der Waals surface area contributed by atoms with Crippen LogP contribution in [0.1, 0.15) is 13.8 Å². The molecular formula is C7H11BrN2. The maximum absolute atomic E-state index is 3.35. The van der Waals surface area contributed by atoms with Gasteiger partial charge in [-0.1, -0.05) is 0 Å². The molecule has 1 N–H and O–H groups in total. The number of nitrogens with one attached hydrogen (secondary N) is 1. The van der Waals surface area contributed by atoms with Gasteiger partial charge in [0.15, 0.2) is 0 Å². The van der Waals surface area contributed by atoms with Crippen molar-refractivity contribution in [2.45, 2.75) is 19.9 Å². The quantitative estimate of drug-likeness (QED) is 0.700. The zero-order valence-corrected chi connectivity index (χ0v) is 7.72. The fourth-order valence-electron chi connectivity index (χ4n) is 0.700. The molecule has 0 aliphatic carbocycles. The Kier molecular flexibility index (Phi) is 2.38. The SMILES string of the molecule is CC(C)N1C=CC(Br)=CN1. The highest BCUT2D eigenvalue weighted by Crippen LogP contribution is 2.10. The topological polar surface area (TPSA) is 15.3 Å². The second-order valence-electron chi connectivity index (χ2n) is 2.48. The first kappa shape index (κ1) is 7.66. The molecule has 0 amide bonds. The van der Waals surface area contributed by atoms with Crippen molar-refractivity contribution in [3.05, 3.63) is 23.0 Å². The van der Waals surface area contributed by atoms with Crippen LogP contribution in [0.5, 0.6) is 0 Å². The molecule has 0 saturated heterocycles. The molecule has 3 heteroatoms. The Morgan fingerprint density at radius 3 is 2.70 bits per heavy atom. The summed E-state index contributed by atoms with van der Waals surface area (Å²) in [4.78, 5) is 0. The summed E-state index contributed by atoms with van der Waals surface area (Å²) in [5, 5.41) is 2.03. The molecule has 2 nitrogen and oxygen atoms in total. The lowest BCUT2D eigenvalue weighted by atomic mass is 10.4. The first-order chi connectivity index (χ1) is 4.70. The van der Waals surface area contributed by atoms with Crippen LogP contribution in [0.15, 0.2) is 23.0 Å². The second kappa shape index (κ2) is 3.10. The van der Waals surface area contributed by atoms with E-state index in [1.165, 1.54) is 0 Å². The van der Waals surface area contributed by atoms with Gasteiger partial charge >= 0.3 is 0 Å². The smallest absolute Gasteiger partial charge is 0.0440 e. The molecule has 0 saturated carbocycles. The molecule has 0 aromatic carbocycles. The summed E-state index contributed by atoms with van der Waals surface area (Å²) in [6.45, 7) is 4.26. The van der Waals surface area contributed by atoms with Gasteiger partial charge in [0.1, 0.15) is 0 Å². The number of hydrogen-bond donors (Lipinski definition) is 1. The summed E-state index contributed by atoms with van der Waals surface area (Å²) in [6, 6.07) is 0.494. The third kappa shape index (κ3) is 1.77. The van der Waals surface area contributed by atoms with Crippen molar-refractivity contribution in [2.24, 2.45) is 0 Å². The van der Waals surface area contributed by atoms with E-state index in [0.29, 0.717) is 6.04 Å². The molecule has 0 unspecified atom stereocenters. The normalized spacial score (nSPS) is 17.2. The van der Waals surface area contributed by atoms with Gasteiger partial charge in [-0.15, -0.1) is 0 Å². The summed E-state index contributed by atoms with van der Waals surface area (Å²) < 4.78 is 1.07. The Hall–Kier alpha value is -0.440. The maximum atomic E-state index is 3.35. The van der Waals surface area contributed by atoms with E-state index in [1.54, 1.807) is 0 Å². The van der Waals surface area contributed by atoms with Gasteiger partial charge in [0.05, 0.1) is 0 Å². The minimum Gasteiger partial charge on any atom is -0.305 e. The van der Waals surface area contributed by atoms with Crippen molar-refractivity contribution in [1.29, 1.82) is 0 Å². The standard InChI is InChI=1S/C7H11BrN2/c1-6(2)10-4-3-7(8)5-9-10/h3-6,9H,1-2H3. The molecule has 56 valence electrons. The Bertz CT molecular complexity index is 172. The Balaban J connectivity index is 2.52. The molecule has 1 rings (SSSR count). The molecule has 0 atom stereocenters. The van der Waals surface area contributed by atoms with Gasteiger partial charge in [-0.2, -0.15) is 0 Å². The van der Waals surface area contributed by atoms with E-state index in [4.69, 9.17) is 0 Å². The number of hydrogen-bond acceptors (Lipinski definition) is 2. The Morgan fingerprint density at radius 2 is 2.30 bits per heavy atom. The maximum Gasteiger partial charge on any atom is 0.0440 e. The molecule has 1 aliphatic rings. The summed E-state index contributed by atoms with van der Waals surface area (Å²) in [5.74, 6) is 0. The minimum absolute atomic E-state index is 0.494. The van der Waals surface area contributed by atoms with Crippen molar-refractivity contribution < 1.29 is 0 Å². The summed E-state index contributed by atoms with van der Waals surface area (Å²) in [5.41, 5.74) is 3.11. The first-order valence-electron chi connectivity index (χ1n) is 3.28. The highest BCUT2D eigenvalue weighted by Gasteiger charge is 2.04. The van der Waals surface area contributed by atoms with E-state index in [-0.39, 0.29) is 0 Å². The van der Waals surface area contributed by atoms with Gasteiger partial charge < -0.3 is 5.43 Å². The molecule has 0 fully saturated rings. The lowest BCUT2D eigenvalue weighted by molar-refractivity contribution is 0.254. The Labute approximate surface area is 69.7 Å². The van der Waals surface area contributed by atoms with Gasteiger partial charge in [0.25, 0.3) is 0 Å². The summed E-state index contributed by atoms with van der Waals surface area (Å²) in [7, 11) is 0. The van der Waals surface area contributed by atoms with Crippen molar-refractivity contribution in [3.63, 3.8) is 0 Å². The van der Waals surface area contributed by atoms with E-state index >= 15 is 0 Å². The molecule has 0 radical (unpaired) electrons. The van der Waals surface area contributed by atoms with E-state index in [0.717, 1.165) is 4.48 Å². The molecule has 1 aliphatic heterocycles. The van der Waals surface area contributed by atoms with Gasteiger partial charge in [-0.05, 0) is 35.9 Å². The molecule has 0 aromatic rings. The lowest BCUT2D eigenvalue weighted by Crippen LogP contribution is -2.36. The zero-order valence-electron chi connectivity index (χ0n) is 6.13. The van der Waals surface area contributed by atoms with E-state index < -0.39 is 0 Å². The van der Waals surface area contributed by atoms with Crippen molar-refractivity contribution in [2.75, 3.05) is 0 Å².